The van der Waals surface area contributed by atoms with Crippen molar-refractivity contribution in [3.63, 3.8) is 0 Å². The largest absolute Gasteiger partial charge is 0.394 e. The Bertz CT molecular complexity index is 171. The van der Waals surface area contributed by atoms with E-state index in [-0.39, 0.29) is 12.5 Å². The van der Waals surface area contributed by atoms with Gasteiger partial charge in [0, 0.05) is 5.92 Å². The quantitative estimate of drug-likeness (QED) is 0.512. The Labute approximate surface area is 77.5 Å². The molecule has 1 aliphatic heterocycles. The van der Waals surface area contributed by atoms with Crippen molar-refractivity contribution in [1.29, 1.82) is 0 Å². The van der Waals surface area contributed by atoms with Gasteiger partial charge in [0.05, 0.1) is 19.3 Å². The molecule has 0 aromatic heterocycles. The molecule has 0 aliphatic carbocycles. The Balaban J connectivity index is 2.53. The van der Waals surface area contributed by atoms with Gasteiger partial charge in [-0.05, 0) is 6.42 Å². The average Bonchev–Trinajstić information content (AvgIpc) is 2.14. The van der Waals surface area contributed by atoms with E-state index in [0.29, 0.717) is 13.0 Å². The number of aliphatic hydroxyl groups is 3. The molecule has 1 heterocycles. The van der Waals surface area contributed by atoms with Crippen LogP contribution in [0.1, 0.15) is 6.42 Å². The molecule has 76 valence electrons. The lowest BCUT2D eigenvalue weighted by Gasteiger charge is -2.36. The van der Waals surface area contributed by atoms with E-state index in [2.05, 4.69) is 6.58 Å². The zero-order valence-corrected chi connectivity index (χ0v) is 7.47. The van der Waals surface area contributed by atoms with E-state index in [9.17, 15) is 10.2 Å². The van der Waals surface area contributed by atoms with Crippen LogP contribution < -0.4 is 0 Å². The van der Waals surface area contributed by atoms with Crippen molar-refractivity contribution in [3.8, 4) is 0 Å². The highest BCUT2D eigenvalue weighted by molar-refractivity contribution is 4.89. The summed E-state index contributed by atoms with van der Waals surface area (Å²) < 4.78 is 5.17. The van der Waals surface area contributed by atoms with Gasteiger partial charge in [0.2, 0.25) is 0 Å². The van der Waals surface area contributed by atoms with Gasteiger partial charge in [-0.1, -0.05) is 6.08 Å². The first-order valence-electron chi connectivity index (χ1n) is 4.40. The summed E-state index contributed by atoms with van der Waals surface area (Å²) in [6.07, 6.45) is -0.191. The highest BCUT2D eigenvalue weighted by atomic mass is 16.5. The molecule has 0 spiro atoms. The lowest BCUT2D eigenvalue weighted by Crippen LogP contribution is -2.51. The number of allylic oxidation sites excluding steroid dienone is 1. The van der Waals surface area contributed by atoms with Gasteiger partial charge in [0.25, 0.3) is 0 Å². The molecule has 1 fully saturated rings. The average molecular weight is 188 g/mol. The van der Waals surface area contributed by atoms with Gasteiger partial charge in [0.15, 0.2) is 0 Å². The molecule has 0 aromatic rings. The molecule has 4 nitrogen and oxygen atoms in total. The SMILES string of the molecule is C=CC[C@H]1CO[C@H](CO)[C@@H](O)[C@@H]1O. The molecule has 0 unspecified atom stereocenters. The second-order valence-corrected chi connectivity index (χ2v) is 3.32. The third-order valence-corrected chi connectivity index (χ3v) is 2.39. The molecule has 1 aliphatic rings. The van der Waals surface area contributed by atoms with Crippen LogP contribution in [-0.2, 0) is 4.74 Å². The summed E-state index contributed by atoms with van der Waals surface area (Å²) >= 11 is 0. The Morgan fingerprint density at radius 3 is 2.62 bits per heavy atom. The van der Waals surface area contributed by atoms with Gasteiger partial charge in [-0.3, -0.25) is 0 Å². The molecule has 0 radical (unpaired) electrons. The van der Waals surface area contributed by atoms with Crippen LogP contribution in [0.15, 0.2) is 12.7 Å². The lowest BCUT2D eigenvalue weighted by atomic mass is 9.90. The summed E-state index contributed by atoms with van der Waals surface area (Å²) in [5.41, 5.74) is 0. The molecular weight excluding hydrogens is 172 g/mol. The van der Waals surface area contributed by atoms with Gasteiger partial charge in [-0.25, -0.2) is 0 Å². The third kappa shape index (κ3) is 2.28. The van der Waals surface area contributed by atoms with Crippen molar-refractivity contribution in [2.24, 2.45) is 5.92 Å². The minimum atomic E-state index is -0.997. The van der Waals surface area contributed by atoms with Crippen molar-refractivity contribution < 1.29 is 20.1 Å². The highest BCUT2D eigenvalue weighted by Crippen LogP contribution is 2.22. The highest BCUT2D eigenvalue weighted by Gasteiger charge is 2.37. The molecule has 3 N–H and O–H groups in total. The molecule has 0 aromatic carbocycles. The zero-order valence-electron chi connectivity index (χ0n) is 7.47. The summed E-state index contributed by atoms with van der Waals surface area (Å²) in [7, 11) is 0. The van der Waals surface area contributed by atoms with E-state index < -0.39 is 18.3 Å². The Hall–Kier alpha value is -0.420. The van der Waals surface area contributed by atoms with Gasteiger partial charge < -0.3 is 20.1 Å². The van der Waals surface area contributed by atoms with Crippen LogP contribution in [0.25, 0.3) is 0 Å². The van der Waals surface area contributed by atoms with E-state index in [1.165, 1.54) is 0 Å². The Kier molecular flexibility index (Phi) is 3.87. The van der Waals surface area contributed by atoms with Crippen molar-refractivity contribution >= 4 is 0 Å². The van der Waals surface area contributed by atoms with Gasteiger partial charge in [-0.15, -0.1) is 6.58 Å². The van der Waals surface area contributed by atoms with Crippen LogP contribution in [0.4, 0.5) is 0 Å². The maximum absolute atomic E-state index is 9.58. The van der Waals surface area contributed by atoms with Crippen LogP contribution >= 0.6 is 0 Å². The molecule has 0 bridgehead atoms. The maximum Gasteiger partial charge on any atom is 0.109 e. The summed E-state index contributed by atoms with van der Waals surface area (Å²) in [6.45, 7) is 3.65. The molecule has 4 atom stereocenters. The maximum atomic E-state index is 9.58. The number of hydrogen-bond donors (Lipinski definition) is 3. The summed E-state index contributed by atoms with van der Waals surface area (Å²) in [5.74, 6) is -0.115. The van der Waals surface area contributed by atoms with E-state index in [1.807, 2.05) is 0 Å². The van der Waals surface area contributed by atoms with Crippen molar-refractivity contribution in [1.82, 2.24) is 0 Å². The fraction of sp³-hybridized carbons (Fsp3) is 0.778. The topological polar surface area (TPSA) is 69.9 Å². The van der Waals surface area contributed by atoms with E-state index in [1.54, 1.807) is 6.08 Å². The Morgan fingerprint density at radius 2 is 2.08 bits per heavy atom. The number of hydrogen-bond acceptors (Lipinski definition) is 4. The molecular formula is C9H16O4. The normalized spacial score (nSPS) is 40.2. The third-order valence-electron chi connectivity index (χ3n) is 2.39. The lowest BCUT2D eigenvalue weighted by molar-refractivity contribution is -0.173. The molecule has 1 saturated heterocycles. The van der Waals surface area contributed by atoms with E-state index in [4.69, 9.17) is 9.84 Å². The monoisotopic (exact) mass is 188 g/mol. The van der Waals surface area contributed by atoms with Gasteiger partial charge in [0.1, 0.15) is 12.2 Å². The molecule has 0 saturated carbocycles. The van der Waals surface area contributed by atoms with Crippen LogP contribution in [0, 0.1) is 5.92 Å². The second-order valence-electron chi connectivity index (χ2n) is 3.32. The fourth-order valence-electron chi connectivity index (χ4n) is 1.53. The predicted molar refractivity (Wildman–Crippen MR) is 47.1 cm³/mol. The number of ether oxygens (including phenoxy) is 1. The van der Waals surface area contributed by atoms with Crippen molar-refractivity contribution in [2.45, 2.75) is 24.7 Å². The van der Waals surface area contributed by atoms with Crippen LogP contribution in [0.5, 0.6) is 0 Å². The van der Waals surface area contributed by atoms with Gasteiger partial charge in [-0.2, -0.15) is 0 Å². The molecule has 1 rings (SSSR count). The first-order chi connectivity index (χ1) is 6.20. The second kappa shape index (κ2) is 4.72. The van der Waals surface area contributed by atoms with Crippen molar-refractivity contribution in [3.05, 3.63) is 12.7 Å². The van der Waals surface area contributed by atoms with Gasteiger partial charge >= 0.3 is 0 Å². The summed E-state index contributed by atoms with van der Waals surface area (Å²) in [6, 6.07) is 0. The predicted octanol–water partition coefficient (Wildman–Crippen LogP) is -0.708. The first kappa shape index (κ1) is 10.7. The standard InChI is InChI=1S/C9H16O4/c1-2-3-6-5-13-7(4-10)9(12)8(6)11/h2,6-12H,1,3-5H2/t6-,7+,8+,9+/m0/s1. The number of rotatable bonds is 3. The molecule has 4 heteroatoms. The summed E-state index contributed by atoms with van der Waals surface area (Å²) in [4.78, 5) is 0. The minimum Gasteiger partial charge on any atom is -0.394 e. The fourth-order valence-corrected chi connectivity index (χ4v) is 1.53. The first-order valence-corrected chi connectivity index (χ1v) is 4.40. The van der Waals surface area contributed by atoms with Crippen LogP contribution in [-0.4, -0.2) is 46.8 Å². The van der Waals surface area contributed by atoms with E-state index >= 15 is 0 Å². The Morgan fingerprint density at radius 1 is 1.38 bits per heavy atom. The molecule has 0 amide bonds. The van der Waals surface area contributed by atoms with Crippen LogP contribution in [0.2, 0.25) is 0 Å². The minimum absolute atomic E-state index is 0.115. The van der Waals surface area contributed by atoms with Crippen LogP contribution in [0.3, 0.4) is 0 Å². The molecule has 13 heavy (non-hydrogen) atoms. The van der Waals surface area contributed by atoms with Crippen molar-refractivity contribution in [2.75, 3.05) is 13.2 Å². The summed E-state index contributed by atoms with van der Waals surface area (Å²) in [5, 5.41) is 27.8. The van der Waals surface area contributed by atoms with E-state index in [0.717, 1.165) is 0 Å². The smallest absolute Gasteiger partial charge is 0.109 e. The number of aliphatic hydroxyl groups excluding tert-OH is 3. The zero-order chi connectivity index (χ0) is 9.84.